The molecule has 0 radical (unpaired) electrons. The van der Waals surface area contributed by atoms with Crippen LogP contribution in [-0.4, -0.2) is 29.9 Å². The molecular formula is C13H25ClN2O. The van der Waals surface area contributed by atoms with E-state index < -0.39 is 0 Å². The number of amides is 1. The molecule has 1 aliphatic carbocycles. The van der Waals surface area contributed by atoms with E-state index in [1.807, 2.05) is 0 Å². The molecule has 1 saturated carbocycles. The zero-order valence-electron chi connectivity index (χ0n) is 10.6. The maximum atomic E-state index is 12.3. The predicted octanol–water partition coefficient (Wildman–Crippen LogP) is 2.33. The van der Waals surface area contributed by atoms with E-state index in [1.54, 1.807) is 0 Å². The molecule has 2 fully saturated rings. The first-order valence-electron chi connectivity index (χ1n) is 6.82. The molecule has 17 heavy (non-hydrogen) atoms. The van der Waals surface area contributed by atoms with E-state index in [0.717, 1.165) is 38.8 Å². The van der Waals surface area contributed by atoms with Crippen LogP contribution in [0.25, 0.3) is 0 Å². The molecule has 1 heterocycles. The SMILES string of the molecule is Cl.NC1CCCC(C(=O)N2CCCCCC2)C1. The number of hydrogen-bond acceptors (Lipinski definition) is 2. The molecule has 2 N–H and O–H groups in total. The number of carbonyl (C=O) groups excluding carboxylic acids is 1. The lowest BCUT2D eigenvalue weighted by molar-refractivity contribution is -0.136. The number of nitrogens with zero attached hydrogens (tertiary/aromatic N) is 1. The van der Waals surface area contributed by atoms with Gasteiger partial charge in [-0.25, -0.2) is 0 Å². The summed E-state index contributed by atoms with van der Waals surface area (Å²) in [6.07, 6.45) is 9.14. The molecule has 1 saturated heterocycles. The van der Waals surface area contributed by atoms with Gasteiger partial charge in [0.2, 0.25) is 5.91 Å². The number of hydrogen-bond donors (Lipinski definition) is 1. The van der Waals surface area contributed by atoms with Crippen molar-refractivity contribution in [2.75, 3.05) is 13.1 Å². The lowest BCUT2D eigenvalue weighted by Gasteiger charge is -2.30. The highest BCUT2D eigenvalue weighted by Gasteiger charge is 2.28. The summed E-state index contributed by atoms with van der Waals surface area (Å²) < 4.78 is 0. The molecule has 0 bridgehead atoms. The van der Waals surface area contributed by atoms with Gasteiger partial charge in [0.05, 0.1) is 0 Å². The second-order valence-electron chi connectivity index (χ2n) is 5.36. The summed E-state index contributed by atoms with van der Waals surface area (Å²) in [6, 6.07) is 0.259. The molecule has 0 aromatic rings. The molecule has 0 spiro atoms. The minimum Gasteiger partial charge on any atom is -0.342 e. The van der Waals surface area contributed by atoms with Crippen LogP contribution in [0.2, 0.25) is 0 Å². The molecular weight excluding hydrogens is 236 g/mol. The number of carbonyl (C=O) groups is 1. The van der Waals surface area contributed by atoms with Gasteiger partial charge in [-0.2, -0.15) is 0 Å². The maximum absolute atomic E-state index is 12.3. The van der Waals surface area contributed by atoms with Crippen molar-refractivity contribution in [2.24, 2.45) is 11.7 Å². The van der Waals surface area contributed by atoms with Crippen molar-refractivity contribution in [3.05, 3.63) is 0 Å². The van der Waals surface area contributed by atoms with Gasteiger partial charge in [0, 0.05) is 25.0 Å². The van der Waals surface area contributed by atoms with Crippen molar-refractivity contribution in [2.45, 2.75) is 57.4 Å². The summed E-state index contributed by atoms with van der Waals surface area (Å²) in [5.74, 6) is 0.610. The normalized spacial score (nSPS) is 30.3. The Hall–Kier alpha value is -0.280. The second-order valence-corrected chi connectivity index (χ2v) is 5.36. The molecule has 0 aromatic carbocycles. The number of likely N-dealkylation sites (tertiary alicyclic amines) is 1. The monoisotopic (exact) mass is 260 g/mol. The minimum absolute atomic E-state index is 0. The topological polar surface area (TPSA) is 46.3 Å². The smallest absolute Gasteiger partial charge is 0.225 e. The van der Waals surface area contributed by atoms with Crippen LogP contribution in [0.5, 0.6) is 0 Å². The molecule has 2 aliphatic rings. The van der Waals surface area contributed by atoms with E-state index in [2.05, 4.69) is 4.90 Å². The van der Waals surface area contributed by atoms with Crippen molar-refractivity contribution in [1.82, 2.24) is 4.90 Å². The van der Waals surface area contributed by atoms with E-state index in [9.17, 15) is 4.79 Å². The highest BCUT2D eigenvalue weighted by atomic mass is 35.5. The quantitative estimate of drug-likeness (QED) is 0.787. The Morgan fingerprint density at radius 3 is 2.24 bits per heavy atom. The van der Waals surface area contributed by atoms with E-state index in [0.29, 0.717) is 5.91 Å². The largest absolute Gasteiger partial charge is 0.342 e. The third-order valence-corrected chi connectivity index (χ3v) is 3.98. The lowest BCUT2D eigenvalue weighted by atomic mass is 9.85. The van der Waals surface area contributed by atoms with Crippen molar-refractivity contribution in [1.29, 1.82) is 0 Å². The highest BCUT2D eigenvalue weighted by Crippen LogP contribution is 2.25. The van der Waals surface area contributed by atoms with Crippen LogP contribution in [0.1, 0.15) is 51.4 Å². The molecule has 0 aromatic heterocycles. The van der Waals surface area contributed by atoms with Crippen LogP contribution >= 0.6 is 12.4 Å². The Morgan fingerprint density at radius 2 is 1.65 bits per heavy atom. The second kappa shape index (κ2) is 7.22. The first-order valence-corrected chi connectivity index (χ1v) is 6.82. The summed E-state index contributed by atoms with van der Waals surface area (Å²) in [4.78, 5) is 14.4. The van der Waals surface area contributed by atoms with E-state index in [-0.39, 0.29) is 24.4 Å². The van der Waals surface area contributed by atoms with Crippen molar-refractivity contribution >= 4 is 18.3 Å². The van der Waals surface area contributed by atoms with Crippen LogP contribution in [0.4, 0.5) is 0 Å². The van der Waals surface area contributed by atoms with Gasteiger partial charge in [0.1, 0.15) is 0 Å². The summed E-state index contributed by atoms with van der Waals surface area (Å²) in [6.45, 7) is 1.95. The van der Waals surface area contributed by atoms with Crippen molar-refractivity contribution < 1.29 is 4.79 Å². The minimum atomic E-state index is 0. The van der Waals surface area contributed by atoms with Crippen molar-refractivity contribution in [3.8, 4) is 0 Å². The van der Waals surface area contributed by atoms with Gasteiger partial charge in [-0.3, -0.25) is 4.79 Å². The third kappa shape index (κ3) is 4.14. The molecule has 1 amide bonds. The van der Waals surface area contributed by atoms with Crippen molar-refractivity contribution in [3.63, 3.8) is 0 Å². The molecule has 1 aliphatic heterocycles. The summed E-state index contributed by atoms with van der Waals surface area (Å²) in [7, 11) is 0. The van der Waals surface area contributed by atoms with Crippen LogP contribution in [-0.2, 0) is 4.79 Å². The number of rotatable bonds is 1. The molecule has 2 unspecified atom stereocenters. The average molecular weight is 261 g/mol. The van der Waals surface area contributed by atoms with Gasteiger partial charge >= 0.3 is 0 Å². The van der Waals surface area contributed by atoms with Crippen LogP contribution in [0.3, 0.4) is 0 Å². The average Bonchev–Trinajstić information content (AvgIpc) is 2.56. The summed E-state index contributed by atoms with van der Waals surface area (Å²) in [5.41, 5.74) is 5.95. The van der Waals surface area contributed by atoms with Crippen LogP contribution < -0.4 is 5.73 Å². The summed E-state index contributed by atoms with van der Waals surface area (Å²) >= 11 is 0. The Labute approximate surface area is 111 Å². The molecule has 4 heteroatoms. The third-order valence-electron chi connectivity index (χ3n) is 3.98. The maximum Gasteiger partial charge on any atom is 0.225 e. The molecule has 2 atom stereocenters. The van der Waals surface area contributed by atoms with Gasteiger partial charge < -0.3 is 10.6 Å². The fraction of sp³-hybridized carbons (Fsp3) is 0.923. The predicted molar refractivity (Wildman–Crippen MR) is 72.2 cm³/mol. The van der Waals surface area contributed by atoms with E-state index in [4.69, 9.17) is 5.73 Å². The zero-order valence-corrected chi connectivity index (χ0v) is 11.4. The molecule has 2 rings (SSSR count). The Bertz CT molecular complexity index is 236. The van der Waals surface area contributed by atoms with Gasteiger partial charge in [0.25, 0.3) is 0 Å². The lowest BCUT2D eigenvalue weighted by Crippen LogP contribution is -2.41. The zero-order chi connectivity index (χ0) is 11.4. The fourth-order valence-corrected chi connectivity index (χ4v) is 3.00. The standard InChI is InChI=1S/C13H24N2O.ClH/c14-12-7-5-6-11(10-12)13(16)15-8-3-1-2-4-9-15;/h11-12H,1-10,14H2;1H. The van der Waals surface area contributed by atoms with Crippen LogP contribution in [0.15, 0.2) is 0 Å². The van der Waals surface area contributed by atoms with Gasteiger partial charge in [0.15, 0.2) is 0 Å². The number of nitrogens with two attached hydrogens (primary N) is 1. The van der Waals surface area contributed by atoms with Crippen LogP contribution in [0, 0.1) is 5.92 Å². The number of halogens is 1. The molecule has 3 nitrogen and oxygen atoms in total. The first kappa shape index (κ1) is 14.8. The van der Waals surface area contributed by atoms with Gasteiger partial charge in [-0.15, -0.1) is 12.4 Å². The Morgan fingerprint density at radius 1 is 1.00 bits per heavy atom. The highest BCUT2D eigenvalue weighted by molar-refractivity contribution is 5.85. The molecule has 100 valence electrons. The Kier molecular flexibility index (Phi) is 6.28. The van der Waals surface area contributed by atoms with E-state index in [1.165, 1.54) is 25.7 Å². The van der Waals surface area contributed by atoms with E-state index >= 15 is 0 Å². The Balaban J connectivity index is 0.00000144. The first-order chi connectivity index (χ1) is 7.77. The summed E-state index contributed by atoms with van der Waals surface area (Å²) in [5, 5.41) is 0. The van der Waals surface area contributed by atoms with Gasteiger partial charge in [-0.05, 0) is 32.1 Å². The van der Waals surface area contributed by atoms with Gasteiger partial charge in [-0.1, -0.05) is 19.3 Å². The fourth-order valence-electron chi connectivity index (χ4n) is 3.00.